The van der Waals surface area contributed by atoms with Crippen LogP contribution in [0, 0.1) is 0 Å². The van der Waals surface area contributed by atoms with Gasteiger partial charge in [-0.3, -0.25) is 4.99 Å². The summed E-state index contributed by atoms with van der Waals surface area (Å²) in [6.45, 7) is 6.80. The quantitative estimate of drug-likeness (QED) is 0.413. The topological polar surface area (TPSA) is 49.1 Å². The van der Waals surface area contributed by atoms with Gasteiger partial charge in [0.2, 0.25) is 0 Å². The Kier molecular flexibility index (Phi) is 5.91. The van der Waals surface area contributed by atoms with Crippen molar-refractivity contribution in [3.05, 3.63) is 77.9 Å². The van der Waals surface area contributed by atoms with Crippen LogP contribution in [0.25, 0.3) is 16.8 Å². The average molecular weight is 439 g/mol. The van der Waals surface area contributed by atoms with Gasteiger partial charge < -0.3 is 5.32 Å². The lowest BCUT2D eigenvalue weighted by atomic mass is 9.95. The summed E-state index contributed by atoms with van der Waals surface area (Å²) in [5.41, 5.74) is 6.88. The number of hydrogen-bond donors (Lipinski definition) is 1. The molecule has 2 aliphatic rings. The van der Waals surface area contributed by atoms with Crippen LogP contribution in [-0.4, -0.2) is 22.5 Å². The second-order valence-corrected chi connectivity index (χ2v) is 8.97. The second kappa shape index (κ2) is 9.13. The van der Waals surface area contributed by atoms with Crippen LogP contribution in [0.4, 0.5) is 11.4 Å². The monoisotopic (exact) mass is 438 g/mol. The molecule has 0 amide bonds. The highest BCUT2D eigenvalue weighted by molar-refractivity contribution is 8.13. The van der Waals surface area contributed by atoms with E-state index in [1.807, 2.05) is 6.08 Å². The standard InChI is InChI=1S/C27H26N4S/c1-3-18-9-5-12-20-17-28-27(31-21(4-2)25(18)20)32-16-8-15-24-29-22-13-6-10-19-11-7-14-23(30-24)26(19)22/h3,5-7,9-14H,1,4,8,15-17H2,2H3,(H,29,30). The van der Waals surface area contributed by atoms with E-state index in [1.54, 1.807) is 11.8 Å². The molecule has 0 aliphatic carbocycles. The SMILES string of the molecule is C=Cc1cccc2c1C(CC)=NC(SCCCC1=Nc3cccc4cccc(c34)N1)=NC2. The highest BCUT2D eigenvalue weighted by Crippen LogP contribution is 2.36. The number of rotatable bonds is 6. The fourth-order valence-corrected chi connectivity index (χ4v) is 5.14. The van der Waals surface area contributed by atoms with Crippen molar-refractivity contribution < 1.29 is 0 Å². The predicted octanol–water partition coefficient (Wildman–Crippen LogP) is 7.22. The number of fused-ring (bicyclic) bond motifs is 1. The lowest BCUT2D eigenvalue weighted by Gasteiger charge is -2.18. The number of nitrogens with one attached hydrogen (secondary N) is 1. The van der Waals surface area contributed by atoms with Gasteiger partial charge in [0.1, 0.15) is 5.84 Å². The molecule has 160 valence electrons. The first kappa shape index (κ1) is 20.7. The number of thioether (sulfide) groups is 1. The number of amidine groups is 2. The summed E-state index contributed by atoms with van der Waals surface area (Å²) in [5.74, 6) is 1.98. The Morgan fingerprint density at radius 2 is 1.91 bits per heavy atom. The van der Waals surface area contributed by atoms with E-state index in [2.05, 4.69) is 73.4 Å². The van der Waals surface area contributed by atoms with Crippen LogP contribution in [0.3, 0.4) is 0 Å². The summed E-state index contributed by atoms with van der Waals surface area (Å²) >= 11 is 1.74. The molecule has 32 heavy (non-hydrogen) atoms. The van der Waals surface area contributed by atoms with Gasteiger partial charge in [-0.05, 0) is 41.5 Å². The van der Waals surface area contributed by atoms with Crippen molar-refractivity contribution in [2.75, 3.05) is 11.1 Å². The Hall–Kier alpha value is -3.18. The Morgan fingerprint density at radius 1 is 1.06 bits per heavy atom. The second-order valence-electron chi connectivity index (χ2n) is 7.91. The predicted molar refractivity (Wildman–Crippen MR) is 141 cm³/mol. The van der Waals surface area contributed by atoms with Gasteiger partial charge in [0.25, 0.3) is 0 Å². The van der Waals surface area contributed by atoms with Crippen molar-refractivity contribution in [3.63, 3.8) is 0 Å². The number of hydrogen-bond acceptors (Lipinski definition) is 5. The van der Waals surface area contributed by atoms with E-state index >= 15 is 0 Å². The minimum Gasteiger partial charge on any atom is -0.343 e. The molecule has 4 nitrogen and oxygen atoms in total. The highest BCUT2D eigenvalue weighted by atomic mass is 32.2. The molecular formula is C27H26N4S. The molecule has 3 aromatic carbocycles. The fraction of sp³-hybridized carbons (Fsp3) is 0.222. The maximum atomic E-state index is 4.92. The molecule has 0 aromatic heterocycles. The summed E-state index contributed by atoms with van der Waals surface area (Å²) in [4.78, 5) is 14.6. The van der Waals surface area contributed by atoms with Crippen molar-refractivity contribution in [1.82, 2.24) is 0 Å². The Labute approximate surface area is 193 Å². The van der Waals surface area contributed by atoms with E-state index in [0.717, 1.165) is 58.7 Å². The van der Waals surface area contributed by atoms with Crippen LogP contribution in [0.1, 0.15) is 42.9 Å². The molecule has 0 radical (unpaired) electrons. The van der Waals surface area contributed by atoms with Gasteiger partial charge >= 0.3 is 0 Å². The van der Waals surface area contributed by atoms with E-state index < -0.39 is 0 Å². The molecule has 1 N–H and O–H groups in total. The van der Waals surface area contributed by atoms with Gasteiger partial charge in [0.15, 0.2) is 5.17 Å². The van der Waals surface area contributed by atoms with Gasteiger partial charge in [0.05, 0.1) is 17.9 Å². The smallest absolute Gasteiger partial charge is 0.183 e. The minimum atomic E-state index is 0.668. The molecule has 3 aromatic rings. The average Bonchev–Trinajstić information content (AvgIpc) is 3.01. The van der Waals surface area contributed by atoms with E-state index in [4.69, 9.17) is 15.0 Å². The zero-order valence-corrected chi connectivity index (χ0v) is 19.1. The number of nitrogens with zero attached hydrogens (tertiary/aromatic N) is 3. The molecule has 0 fully saturated rings. The van der Waals surface area contributed by atoms with Gasteiger partial charge in [-0.2, -0.15) is 0 Å². The zero-order valence-electron chi connectivity index (χ0n) is 18.3. The van der Waals surface area contributed by atoms with Gasteiger partial charge in [-0.15, -0.1) is 0 Å². The van der Waals surface area contributed by atoms with E-state index in [0.29, 0.717) is 6.54 Å². The third-order valence-corrected chi connectivity index (χ3v) is 6.82. The first-order valence-electron chi connectivity index (χ1n) is 11.1. The van der Waals surface area contributed by atoms with Crippen molar-refractivity contribution in [2.24, 2.45) is 15.0 Å². The lowest BCUT2D eigenvalue weighted by Crippen LogP contribution is -2.15. The fourth-order valence-electron chi connectivity index (χ4n) is 4.34. The number of anilines is 1. The van der Waals surface area contributed by atoms with Crippen LogP contribution in [0.15, 0.2) is 76.2 Å². The first-order valence-corrected chi connectivity index (χ1v) is 12.1. The van der Waals surface area contributed by atoms with Crippen LogP contribution in [0.5, 0.6) is 0 Å². The van der Waals surface area contributed by atoms with E-state index in [1.165, 1.54) is 21.9 Å². The van der Waals surface area contributed by atoms with E-state index in [9.17, 15) is 0 Å². The molecule has 5 rings (SSSR count). The maximum absolute atomic E-state index is 4.92. The van der Waals surface area contributed by atoms with Crippen LogP contribution in [-0.2, 0) is 6.54 Å². The molecule has 2 aliphatic heterocycles. The molecule has 0 spiro atoms. The van der Waals surface area contributed by atoms with Crippen LogP contribution >= 0.6 is 11.8 Å². The Bertz CT molecular complexity index is 1280. The Morgan fingerprint density at radius 3 is 2.75 bits per heavy atom. The molecular weight excluding hydrogens is 412 g/mol. The van der Waals surface area contributed by atoms with Crippen LogP contribution in [0.2, 0.25) is 0 Å². The summed E-state index contributed by atoms with van der Waals surface area (Å²) in [5, 5.41) is 6.83. The third-order valence-electron chi connectivity index (χ3n) is 5.85. The molecule has 0 saturated heterocycles. The number of benzene rings is 3. The first-order chi connectivity index (χ1) is 15.8. The normalized spacial score (nSPS) is 14.6. The highest BCUT2D eigenvalue weighted by Gasteiger charge is 2.17. The minimum absolute atomic E-state index is 0.668. The molecule has 2 heterocycles. The molecule has 0 atom stereocenters. The van der Waals surface area contributed by atoms with E-state index in [-0.39, 0.29) is 0 Å². The summed E-state index contributed by atoms with van der Waals surface area (Å²) in [6.07, 6.45) is 4.70. The van der Waals surface area contributed by atoms with Gasteiger partial charge in [-0.1, -0.05) is 73.8 Å². The van der Waals surface area contributed by atoms with Crippen molar-refractivity contribution in [3.8, 4) is 0 Å². The maximum Gasteiger partial charge on any atom is 0.183 e. The molecule has 5 heteroatoms. The largest absolute Gasteiger partial charge is 0.343 e. The zero-order chi connectivity index (χ0) is 21.9. The van der Waals surface area contributed by atoms with Crippen LogP contribution < -0.4 is 5.32 Å². The van der Waals surface area contributed by atoms with Crippen molar-refractivity contribution in [1.29, 1.82) is 0 Å². The van der Waals surface area contributed by atoms with Gasteiger partial charge in [0, 0.05) is 28.8 Å². The summed E-state index contributed by atoms with van der Waals surface area (Å²) in [6, 6.07) is 19.0. The van der Waals surface area contributed by atoms with Gasteiger partial charge in [-0.25, -0.2) is 9.98 Å². The third kappa shape index (κ3) is 4.00. The molecule has 0 saturated carbocycles. The Balaban J connectivity index is 1.25. The summed E-state index contributed by atoms with van der Waals surface area (Å²) < 4.78 is 0. The number of aliphatic imine (C=N–C) groups is 3. The lowest BCUT2D eigenvalue weighted by molar-refractivity contribution is 1.00. The molecule has 0 bridgehead atoms. The summed E-state index contributed by atoms with van der Waals surface area (Å²) in [7, 11) is 0. The van der Waals surface area contributed by atoms with Crippen molar-refractivity contribution >= 4 is 56.7 Å². The van der Waals surface area contributed by atoms with Crippen molar-refractivity contribution in [2.45, 2.75) is 32.7 Å². The molecule has 0 unspecified atom stereocenters.